The first-order chi connectivity index (χ1) is 17.3. The molecular formula is C30H41N3O3. The van der Waals surface area contributed by atoms with Gasteiger partial charge in [-0.3, -0.25) is 9.59 Å². The second-order valence-corrected chi connectivity index (χ2v) is 10.9. The van der Waals surface area contributed by atoms with Gasteiger partial charge in [0.15, 0.2) is 6.61 Å². The third kappa shape index (κ3) is 6.09. The molecule has 6 heteroatoms. The molecule has 1 atom stereocenters. The number of likely N-dealkylation sites (tertiary alicyclic amines) is 1. The van der Waals surface area contributed by atoms with Crippen molar-refractivity contribution in [3.8, 4) is 5.75 Å². The minimum absolute atomic E-state index is 0.00520. The number of piperidine rings is 1. The molecule has 4 rings (SSSR count). The quantitative estimate of drug-likeness (QED) is 0.484. The minimum Gasteiger partial charge on any atom is -0.482 e. The van der Waals surface area contributed by atoms with Crippen LogP contribution in [0.3, 0.4) is 0 Å². The number of amides is 2. The number of fused-ring (bicyclic) bond motifs is 1. The van der Waals surface area contributed by atoms with E-state index in [0.717, 1.165) is 42.9 Å². The molecule has 1 N–H and O–H groups in total. The van der Waals surface area contributed by atoms with Crippen molar-refractivity contribution in [2.45, 2.75) is 77.8 Å². The molecule has 1 saturated heterocycles. The smallest absolute Gasteiger partial charge is 0.265 e. The summed E-state index contributed by atoms with van der Waals surface area (Å²) in [5.41, 5.74) is 3.53. The maximum absolute atomic E-state index is 12.9. The van der Waals surface area contributed by atoms with E-state index in [1.807, 2.05) is 30.3 Å². The summed E-state index contributed by atoms with van der Waals surface area (Å²) in [6, 6.07) is 14.4. The van der Waals surface area contributed by atoms with Crippen molar-refractivity contribution in [3.63, 3.8) is 0 Å². The van der Waals surface area contributed by atoms with Crippen molar-refractivity contribution in [1.29, 1.82) is 0 Å². The summed E-state index contributed by atoms with van der Waals surface area (Å²) in [7, 11) is 0. The van der Waals surface area contributed by atoms with Crippen molar-refractivity contribution in [2.24, 2.45) is 0 Å². The Labute approximate surface area is 216 Å². The van der Waals surface area contributed by atoms with Gasteiger partial charge in [-0.2, -0.15) is 0 Å². The van der Waals surface area contributed by atoms with Gasteiger partial charge in [0.05, 0.1) is 12.2 Å². The normalized spacial score (nSPS) is 18.5. The van der Waals surface area contributed by atoms with E-state index >= 15 is 0 Å². The molecule has 194 valence electrons. The van der Waals surface area contributed by atoms with Gasteiger partial charge in [0.1, 0.15) is 5.75 Å². The Hall–Kier alpha value is -2.86. The Morgan fingerprint density at radius 3 is 2.78 bits per heavy atom. The zero-order chi connectivity index (χ0) is 25.7. The fraction of sp³-hybridized carbons (Fsp3) is 0.533. The number of carbonyl (C=O) groups excluding carboxylic acids is 2. The molecule has 0 aromatic heterocycles. The van der Waals surface area contributed by atoms with Crippen molar-refractivity contribution in [2.75, 3.05) is 31.1 Å². The molecule has 0 bridgehead atoms. The summed E-state index contributed by atoms with van der Waals surface area (Å²) in [6.45, 7) is 12.2. The van der Waals surface area contributed by atoms with Gasteiger partial charge >= 0.3 is 0 Å². The number of anilines is 1. The number of ether oxygens (including phenoxy) is 1. The molecule has 2 aromatic rings. The second-order valence-electron chi connectivity index (χ2n) is 10.9. The number of nitrogens with zero attached hydrogens (tertiary/aromatic N) is 2. The maximum atomic E-state index is 12.9. The van der Waals surface area contributed by atoms with Crippen molar-refractivity contribution < 1.29 is 14.3 Å². The number of hydrogen-bond donors (Lipinski definition) is 1. The lowest BCUT2D eigenvalue weighted by atomic mass is 9.82. The highest BCUT2D eigenvalue weighted by Crippen LogP contribution is 2.38. The van der Waals surface area contributed by atoms with E-state index in [4.69, 9.17) is 4.74 Å². The zero-order valence-electron chi connectivity index (χ0n) is 22.3. The SMILES string of the molecule is CCC(C)(C)c1ccc2c(c1)N(Cc1cccc(C(=O)NCCCN3CCCCC3C)c1)C(=O)CO2. The Balaban J connectivity index is 1.40. The molecule has 2 heterocycles. The highest BCUT2D eigenvalue weighted by atomic mass is 16.5. The third-order valence-electron chi connectivity index (χ3n) is 7.95. The monoisotopic (exact) mass is 491 g/mol. The predicted octanol–water partition coefficient (Wildman–Crippen LogP) is 5.29. The van der Waals surface area contributed by atoms with Crippen LogP contribution < -0.4 is 15.0 Å². The number of hydrogen-bond acceptors (Lipinski definition) is 4. The molecule has 36 heavy (non-hydrogen) atoms. The maximum Gasteiger partial charge on any atom is 0.265 e. The van der Waals surface area contributed by atoms with Gasteiger partial charge in [-0.15, -0.1) is 0 Å². The molecule has 2 aromatic carbocycles. The van der Waals surface area contributed by atoms with Gasteiger partial charge in [0.25, 0.3) is 11.8 Å². The van der Waals surface area contributed by atoms with E-state index in [1.54, 1.807) is 4.90 Å². The van der Waals surface area contributed by atoms with Crippen LogP contribution in [0.1, 0.15) is 81.3 Å². The summed E-state index contributed by atoms with van der Waals surface area (Å²) in [5.74, 6) is 0.585. The van der Waals surface area contributed by atoms with E-state index < -0.39 is 0 Å². The molecule has 0 aliphatic carbocycles. The summed E-state index contributed by atoms with van der Waals surface area (Å²) in [4.78, 5) is 30.0. The topological polar surface area (TPSA) is 61.9 Å². The van der Waals surface area contributed by atoms with Crippen LogP contribution in [-0.2, 0) is 16.8 Å². The Morgan fingerprint density at radius 1 is 1.17 bits per heavy atom. The lowest BCUT2D eigenvalue weighted by Crippen LogP contribution is -2.39. The molecule has 0 saturated carbocycles. The largest absolute Gasteiger partial charge is 0.482 e. The molecule has 2 aliphatic heterocycles. The van der Waals surface area contributed by atoms with Crippen LogP contribution in [0.2, 0.25) is 0 Å². The molecule has 1 unspecified atom stereocenters. The first kappa shape index (κ1) is 26.2. The van der Waals surface area contributed by atoms with Crippen LogP contribution in [-0.4, -0.2) is 49.0 Å². The molecular weight excluding hydrogens is 450 g/mol. The van der Waals surface area contributed by atoms with Gasteiger partial charge in [-0.25, -0.2) is 0 Å². The van der Waals surface area contributed by atoms with E-state index in [9.17, 15) is 9.59 Å². The number of nitrogens with one attached hydrogen (secondary N) is 1. The molecule has 2 aliphatic rings. The molecule has 2 amide bonds. The Morgan fingerprint density at radius 2 is 2.00 bits per heavy atom. The van der Waals surface area contributed by atoms with Crippen molar-refractivity contribution >= 4 is 17.5 Å². The molecule has 0 spiro atoms. The highest BCUT2D eigenvalue weighted by Gasteiger charge is 2.28. The van der Waals surface area contributed by atoms with E-state index in [1.165, 1.54) is 24.8 Å². The molecule has 6 nitrogen and oxygen atoms in total. The van der Waals surface area contributed by atoms with Crippen LogP contribution in [0.5, 0.6) is 5.75 Å². The van der Waals surface area contributed by atoms with Crippen LogP contribution in [0, 0.1) is 0 Å². The van der Waals surface area contributed by atoms with Crippen molar-refractivity contribution in [3.05, 3.63) is 59.2 Å². The average molecular weight is 492 g/mol. The number of carbonyl (C=O) groups is 2. The fourth-order valence-corrected chi connectivity index (χ4v) is 5.07. The first-order valence-corrected chi connectivity index (χ1v) is 13.5. The second kappa shape index (κ2) is 11.5. The average Bonchev–Trinajstić information content (AvgIpc) is 2.89. The Bertz CT molecular complexity index is 1080. The van der Waals surface area contributed by atoms with Gasteiger partial charge in [-0.05, 0) is 80.0 Å². The van der Waals surface area contributed by atoms with Gasteiger partial charge in [0.2, 0.25) is 0 Å². The van der Waals surface area contributed by atoms with Gasteiger partial charge in [-0.1, -0.05) is 45.4 Å². The number of rotatable bonds is 9. The fourth-order valence-electron chi connectivity index (χ4n) is 5.07. The first-order valence-electron chi connectivity index (χ1n) is 13.5. The van der Waals surface area contributed by atoms with Crippen LogP contribution in [0.15, 0.2) is 42.5 Å². The Kier molecular flexibility index (Phi) is 8.35. The van der Waals surface area contributed by atoms with Crippen LogP contribution in [0.4, 0.5) is 5.69 Å². The number of benzene rings is 2. The lowest BCUT2D eigenvalue weighted by Gasteiger charge is -2.33. The molecule has 0 radical (unpaired) electrons. The van der Waals surface area contributed by atoms with Crippen molar-refractivity contribution in [1.82, 2.24) is 10.2 Å². The summed E-state index contributed by atoms with van der Waals surface area (Å²) in [6.07, 6.45) is 5.81. The van der Waals surface area contributed by atoms with Gasteiger partial charge in [0, 0.05) is 24.7 Å². The summed E-state index contributed by atoms with van der Waals surface area (Å²) >= 11 is 0. The standard InChI is InChI=1S/C30H41N3O3/c1-5-30(3,4)25-13-14-27-26(19-25)33(28(34)21-36-27)20-23-11-8-12-24(18-23)29(35)31-15-9-17-32-16-7-6-10-22(32)2/h8,11-14,18-19,22H,5-7,9-10,15-17,20-21H2,1-4H3,(H,31,35). The summed E-state index contributed by atoms with van der Waals surface area (Å²) < 4.78 is 5.71. The van der Waals surface area contributed by atoms with Crippen LogP contribution >= 0.6 is 0 Å². The molecule has 1 fully saturated rings. The summed E-state index contributed by atoms with van der Waals surface area (Å²) in [5, 5.41) is 3.07. The van der Waals surface area contributed by atoms with E-state index in [0.29, 0.717) is 24.7 Å². The van der Waals surface area contributed by atoms with E-state index in [2.05, 4.69) is 50.0 Å². The van der Waals surface area contributed by atoms with Crippen LogP contribution in [0.25, 0.3) is 0 Å². The third-order valence-corrected chi connectivity index (χ3v) is 7.95. The van der Waals surface area contributed by atoms with Gasteiger partial charge < -0.3 is 19.9 Å². The predicted molar refractivity (Wildman–Crippen MR) is 145 cm³/mol. The van der Waals surface area contributed by atoms with E-state index in [-0.39, 0.29) is 23.8 Å². The minimum atomic E-state index is -0.0734. The highest BCUT2D eigenvalue weighted by molar-refractivity contribution is 5.98. The zero-order valence-corrected chi connectivity index (χ0v) is 22.3. The lowest BCUT2D eigenvalue weighted by molar-refractivity contribution is -0.121.